The van der Waals surface area contributed by atoms with Crippen molar-refractivity contribution < 1.29 is 0 Å². The first-order valence-electron chi connectivity index (χ1n) is 5.51. The van der Waals surface area contributed by atoms with E-state index in [2.05, 4.69) is 27.6 Å². The number of anilines is 1. The minimum Gasteiger partial charge on any atom is -0.380 e. The molecular formula is C13H10N4S. The monoisotopic (exact) mass is 254 g/mol. The van der Waals surface area contributed by atoms with Crippen molar-refractivity contribution in [2.75, 3.05) is 5.32 Å². The molecule has 18 heavy (non-hydrogen) atoms. The molecule has 0 fully saturated rings. The van der Waals surface area contributed by atoms with Gasteiger partial charge in [-0.25, -0.2) is 0 Å². The average molecular weight is 254 g/mol. The minimum atomic E-state index is 0.732. The highest BCUT2D eigenvalue weighted by atomic mass is 32.1. The van der Waals surface area contributed by atoms with Crippen LogP contribution in [0.4, 0.5) is 5.69 Å². The summed E-state index contributed by atoms with van der Waals surface area (Å²) in [5.41, 5.74) is 2.08. The maximum atomic E-state index is 8.76. The molecule has 0 bridgehead atoms. The van der Waals surface area contributed by atoms with Crippen LogP contribution < -0.4 is 5.32 Å². The number of aromatic nitrogens is 2. The summed E-state index contributed by atoms with van der Waals surface area (Å²) >= 11 is 1.52. The van der Waals surface area contributed by atoms with E-state index in [1.807, 2.05) is 24.3 Å². The molecule has 2 heterocycles. The van der Waals surface area contributed by atoms with Crippen molar-refractivity contribution in [3.05, 3.63) is 46.3 Å². The highest BCUT2D eigenvalue weighted by Gasteiger charge is 2.01. The number of H-pyrrole nitrogens is 1. The first-order chi connectivity index (χ1) is 8.85. The normalized spacial score (nSPS) is 10.4. The minimum absolute atomic E-state index is 0.732. The Balaban J connectivity index is 1.74. The molecule has 0 aliphatic carbocycles. The van der Waals surface area contributed by atoms with Crippen LogP contribution in [0.15, 0.2) is 36.5 Å². The van der Waals surface area contributed by atoms with Crippen LogP contribution in [0.25, 0.3) is 10.9 Å². The first kappa shape index (κ1) is 10.8. The van der Waals surface area contributed by atoms with E-state index in [4.69, 9.17) is 5.26 Å². The highest BCUT2D eigenvalue weighted by Crippen LogP contribution is 2.20. The van der Waals surface area contributed by atoms with Gasteiger partial charge >= 0.3 is 0 Å². The van der Waals surface area contributed by atoms with Gasteiger partial charge in [0.25, 0.3) is 0 Å². The summed E-state index contributed by atoms with van der Waals surface area (Å²) < 4.78 is 0. The van der Waals surface area contributed by atoms with Crippen molar-refractivity contribution in [3.8, 4) is 6.07 Å². The summed E-state index contributed by atoms with van der Waals surface area (Å²) in [4.78, 5) is 1.90. The van der Waals surface area contributed by atoms with Crippen LogP contribution >= 0.6 is 11.3 Å². The molecule has 0 aliphatic heterocycles. The quantitative estimate of drug-likeness (QED) is 0.754. The lowest BCUT2D eigenvalue weighted by Gasteiger charge is -2.04. The van der Waals surface area contributed by atoms with E-state index in [9.17, 15) is 0 Å². The van der Waals surface area contributed by atoms with E-state index in [0.29, 0.717) is 0 Å². The molecule has 0 spiro atoms. The number of benzene rings is 1. The highest BCUT2D eigenvalue weighted by molar-refractivity contribution is 7.12. The van der Waals surface area contributed by atoms with Gasteiger partial charge in [0.05, 0.1) is 11.7 Å². The van der Waals surface area contributed by atoms with Crippen LogP contribution in [0.2, 0.25) is 0 Å². The number of fused-ring (bicyclic) bond motifs is 1. The molecule has 1 aromatic carbocycles. The van der Waals surface area contributed by atoms with Crippen molar-refractivity contribution in [1.82, 2.24) is 10.2 Å². The summed E-state index contributed by atoms with van der Waals surface area (Å²) in [6.45, 7) is 0.732. The Morgan fingerprint density at radius 3 is 3.11 bits per heavy atom. The van der Waals surface area contributed by atoms with Crippen molar-refractivity contribution >= 4 is 27.9 Å². The number of nitrogens with zero attached hydrogens (tertiary/aromatic N) is 2. The number of thiophene rings is 1. The molecule has 4 nitrogen and oxygen atoms in total. The van der Waals surface area contributed by atoms with Gasteiger partial charge in [0.1, 0.15) is 10.9 Å². The van der Waals surface area contributed by atoms with E-state index >= 15 is 0 Å². The summed E-state index contributed by atoms with van der Waals surface area (Å²) in [6, 6.07) is 12.0. The Morgan fingerprint density at radius 2 is 2.28 bits per heavy atom. The predicted octanol–water partition coefficient (Wildman–Crippen LogP) is 3.11. The molecule has 0 aliphatic rings. The van der Waals surface area contributed by atoms with E-state index in [1.54, 1.807) is 6.20 Å². The Kier molecular flexibility index (Phi) is 2.71. The van der Waals surface area contributed by atoms with Gasteiger partial charge in [0.2, 0.25) is 0 Å². The van der Waals surface area contributed by atoms with Crippen molar-refractivity contribution in [3.63, 3.8) is 0 Å². The maximum Gasteiger partial charge on any atom is 0.110 e. The molecule has 0 saturated heterocycles. The Hall–Kier alpha value is -2.32. The summed E-state index contributed by atoms with van der Waals surface area (Å²) in [5, 5.41) is 20.1. The number of hydrogen-bond donors (Lipinski definition) is 2. The van der Waals surface area contributed by atoms with Gasteiger partial charge < -0.3 is 5.32 Å². The summed E-state index contributed by atoms with van der Waals surface area (Å²) in [5.74, 6) is 0. The molecule has 3 rings (SSSR count). The molecule has 88 valence electrons. The molecule has 0 saturated carbocycles. The maximum absolute atomic E-state index is 8.76. The van der Waals surface area contributed by atoms with Crippen molar-refractivity contribution in [2.45, 2.75) is 6.54 Å². The average Bonchev–Trinajstić information content (AvgIpc) is 3.04. The molecule has 2 aromatic heterocycles. The predicted molar refractivity (Wildman–Crippen MR) is 72.5 cm³/mol. The molecule has 3 aromatic rings. The lowest BCUT2D eigenvalue weighted by molar-refractivity contribution is 1.12. The van der Waals surface area contributed by atoms with Crippen LogP contribution in [0, 0.1) is 11.3 Å². The van der Waals surface area contributed by atoms with Gasteiger partial charge in [-0.15, -0.1) is 11.3 Å². The number of aromatic amines is 1. The lowest BCUT2D eigenvalue weighted by Crippen LogP contribution is -1.96. The van der Waals surface area contributed by atoms with E-state index in [0.717, 1.165) is 32.9 Å². The van der Waals surface area contributed by atoms with Gasteiger partial charge in [-0.2, -0.15) is 10.4 Å². The molecule has 0 radical (unpaired) electrons. The summed E-state index contributed by atoms with van der Waals surface area (Å²) in [7, 11) is 0. The zero-order valence-electron chi connectivity index (χ0n) is 9.47. The molecule has 0 unspecified atom stereocenters. The number of rotatable bonds is 3. The van der Waals surface area contributed by atoms with Crippen LogP contribution in [0.3, 0.4) is 0 Å². The lowest BCUT2D eigenvalue weighted by atomic mass is 10.2. The number of hydrogen-bond acceptors (Lipinski definition) is 4. The Labute approximate surface area is 108 Å². The smallest absolute Gasteiger partial charge is 0.110 e. The standard InChI is InChI=1S/C13H10N4S/c14-6-11-2-3-12(18-11)8-15-10-1-4-13-9(5-10)7-16-17-13/h1-5,7,15H,8H2,(H,16,17). The molecule has 0 amide bonds. The SMILES string of the molecule is N#Cc1ccc(CNc2ccc3[nH]ncc3c2)s1. The second-order valence-corrected chi connectivity index (χ2v) is 5.07. The number of nitriles is 1. The van der Waals surface area contributed by atoms with Gasteiger partial charge in [-0.3, -0.25) is 5.10 Å². The summed E-state index contributed by atoms with van der Waals surface area (Å²) in [6.07, 6.45) is 1.81. The molecular weight excluding hydrogens is 244 g/mol. The van der Waals surface area contributed by atoms with Gasteiger partial charge in [-0.05, 0) is 30.3 Å². The van der Waals surface area contributed by atoms with E-state index in [1.165, 1.54) is 11.3 Å². The Morgan fingerprint density at radius 1 is 1.33 bits per heavy atom. The van der Waals surface area contributed by atoms with Crippen molar-refractivity contribution in [2.24, 2.45) is 0 Å². The van der Waals surface area contributed by atoms with Gasteiger partial charge in [0, 0.05) is 22.5 Å². The molecule has 5 heteroatoms. The largest absolute Gasteiger partial charge is 0.380 e. The molecule has 2 N–H and O–H groups in total. The fourth-order valence-corrected chi connectivity index (χ4v) is 2.52. The fourth-order valence-electron chi connectivity index (χ4n) is 1.77. The zero-order valence-corrected chi connectivity index (χ0v) is 10.3. The van der Waals surface area contributed by atoms with Gasteiger partial charge in [0.15, 0.2) is 0 Å². The van der Waals surface area contributed by atoms with E-state index in [-0.39, 0.29) is 0 Å². The van der Waals surface area contributed by atoms with Crippen molar-refractivity contribution in [1.29, 1.82) is 5.26 Å². The first-order valence-corrected chi connectivity index (χ1v) is 6.32. The third-order valence-electron chi connectivity index (χ3n) is 2.68. The van der Waals surface area contributed by atoms with Gasteiger partial charge in [-0.1, -0.05) is 0 Å². The second-order valence-electron chi connectivity index (χ2n) is 3.90. The second kappa shape index (κ2) is 4.51. The van der Waals surface area contributed by atoms with Crippen LogP contribution in [0.1, 0.15) is 9.75 Å². The van der Waals surface area contributed by atoms with Crippen LogP contribution in [-0.2, 0) is 6.54 Å². The zero-order chi connectivity index (χ0) is 12.4. The third kappa shape index (κ3) is 2.06. The third-order valence-corrected chi connectivity index (χ3v) is 3.67. The van der Waals surface area contributed by atoms with E-state index < -0.39 is 0 Å². The fraction of sp³-hybridized carbons (Fsp3) is 0.0769. The molecule has 0 atom stereocenters. The number of nitrogens with one attached hydrogen (secondary N) is 2. The van der Waals surface area contributed by atoms with Crippen LogP contribution in [0.5, 0.6) is 0 Å². The topological polar surface area (TPSA) is 64.5 Å². The van der Waals surface area contributed by atoms with Crippen LogP contribution in [-0.4, -0.2) is 10.2 Å². The Bertz CT molecular complexity index is 720.